The van der Waals surface area contributed by atoms with E-state index in [-0.39, 0.29) is 29.2 Å². The van der Waals surface area contributed by atoms with E-state index in [2.05, 4.69) is 41.5 Å². The van der Waals surface area contributed by atoms with Gasteiger partial charge in [0.2, 0.25) is 5.91 Å². The number of fused-ring (bicyclic) bond motifs is 1. The second-order valence-corrected chi connectivity index (χ2v) is 8.85. The van der Waals surface area contributed by atoms with Gasteiger partial charge in [0.05, 0.1) is 18.3 Å². The molecule has 0 radical (unpaired) electrons. The van der Waals surface area contributed by atoms with Gasteiger partial charge in [0, 0.05) is 10.9 Å². The number of carbonyl (C=O) groups excluding carboxylic acids is 2. The summed E-state index contributed by atoms with van der Waals surface area (Å²) in [6, 6.07) is 20.6. The van der Waals surface area contributed by atoms with Crippen molar-refractivity contribution in [2.75, 3.05) is 11.9 Å². The maximum atomic E-state index is 12.6. The number of nitrogens with zero attached hydrogens (tertiary/aromatic N) is 4. The van der Waals surface area contributed by atoms with E-state index >= 15 is 0 Å². The molecule has 8 heteroatoms. The van der Waals surface area contributed by atoms with Crippen LogP contribution in [0.1, 0.15) is 42.3 Å². The van der Waals surface area contributed by atoms with Gasteiger partial charge in [-0.2, -0.15) is 15.0 Å². The van der Waals surface area contributed by atoms with Crippen LogP contribution < -0.4 is 10.6 Å². The molecule has 2 heterocycles. The highest BCUT2D eigenvalue weighted by molar-refractivity contribution is 5.99. The lowest BCUT2D eigenvalue weighted by molar-refractivity contribution is -0.115. The van der Waals surface area contributed by atoms with Crippen LogP contribution in [-0.2, 0) is 10.2 Å². The largest absolute Gasteiger partial charge is 0.343 e. The Morgan fingerprint density at radius 3 is 2.47 bits per heavy atom. The third-order valence-corrected chi connectivity index (χ3v) is 5.37. The topological polar surface area (TPSA) is 113 Å². The van der Waals surface area contributed by atoms with Crippen molar-refractivity contribution in [3.05, 3.63) is 83.6 Å². The smallest absolute Gasteiger partial charge is 0.251 e. The number of carbonyl (C=O) groups is 2. The normalized spacial score (nSPS) is 11.1. The number of amides is 2. The zero-order valence-corrected chi connectivity index (χ0v) is 19.2. The van der Waals surface area contributed by atoms with Gasteiger partial charge in [0.25, 0.3) is 5.91 Å². The van der Waals surface area contributed by atoms with E-state index in [1.165, 1.54) is 10.9 Å². The number of para-hydroxylation sites is 1. The summed E-state index contributed by atoms with van der Waals surface area (Å²) in [5, 5.41) is 19.9. The van der Waals surface area contributed by atoms with Gasteiger partial charge in [-0.25, -0.2) is 4.98 Å². The second-order valence-electron chi connectivity index (χ2n) is 8.85. The SMILES string of the molecule is CC(C)(C)c1ccc(C(=O)NCC(=O)Nc2c(C#N)cnn2-c2ccc3ccccc3n2)cc1. The zero-order chi connectivity index (χ0) is 24.3. The summed E-state index contributed by atoms with van der Waals surface area (Å²) < 4.78 is 1.40. The lowest BCUT2D eigenvalue weighted by Crippen LogP contribution is -2.33. The summed E-state index contributed by atoms with van der Waals surface area (Å²) in [7, 11) is 0. The van der Waals surface area contributed by atoms with E-state index < -0.39 is 5.91 Å². The van der Waals surface area contributed by atoms with Crippen molar-refractivity contribution in [2.45, 2.75) is 26.2 Å². The van der Waals surface area contributed by atoms with E-state index in [4.69, 9.17) is 0 Å². The molecule has 8 nitrogen and oxygen atoms in total. The Morgan fingerprint density at radius 2 is 1.76 bits per heavy atom. The summed E-state index contributed by atoms with van der Waals surface area (Å²) in [5.41, 5.74) is 2.50. The van der Waals surface area contributed by atoms with Gasteiger partial charge in [0.1, 0.15) is 11.6 Å². The van der Waals surface area contributed by atoms with Crippen molar-refractivity contribution >= 4 is 28.5 Å². The minimum Gasteiger partial charge on any atom is -0.343 e. The Balaban J connectivity index is 1.47. The van der Waals surface area contributed by atoms with E-state index in [0.29, 0.717) is 11.4 Å². The molecule has 0 atom stereocenters. The molecule has 0 aliphatic carbocycles. The predicted octanol–water partition coefficient (Wildman–Crippen LogP) is 3.96. The molecule has 0 aliphatic heterocycles. The van der Waals surface area contributed by atoms with E-state index in [1.54, 1.807) is 18.2 Å². The quantitative estimate of drug-likeness (QED) is 0.476. The van der Waals surface area contributed by atoms with Crippen LogP contribution in [0.5, 0.6) is 0 Å². The molecule has 0 spiro atoms. The first-order valence-corrected chi connectivity index (χ1v) is 10.8. The summed E-state index contributed by atoms with van der Waals surface area (Å²) in [5.74, 6) is -0.197. The molecule has 0 bridgehead atoms. The molecule has 4 rings (SSSR count). The van der Waals surface area contributed by atoms with Gasteiger partial charge in [-0.05, 0) is 41.3 Å². The zero-order valence-electron chi connectivity index (χ0n) is 19.2. The number of benzene rings is 2. The molecule has 2 N–H and O–H groups in total. The summed E-state index contributed by atoms with van der Waals surface area (Å²) in [6.07, 6.45) is 1.36. The molecular formula is C26H24N6O2. The summed E-state index contributed by atoms with van der Waals surface area (Å²) in [6.45, 7) is 6.03. The molecule has 34 heavy (non-hydrogen) atoms. The number of nitriles is 1. The van der Waals surface area contributed by atoms with Gasteiger partial charge in [-0.1, -0.05) is 51.1 Å². The highest BCUT2D eigenvalue weighted by Gasteiger charge is 2.18. The van der Waals surface area contributed by atoms with Crippen LogP contribution in [0.4, 0.5) is 5.82 Å². The Bertz CT molecular complexity index is 1410. The van der Waals surface area contributed by atoms with Gasteiger partial charge in [-0.15, -0.1) is 0 Å². The maximum absolute atomic E-state index is 12.6. The van der Waals surface area contributed by atoms with Crippen LogP contribution in [0, 0.1) is 11.3 Å². The molecule has 0 unspecified atom stereocenters. The van der Waals surface area contributed by atoms with E-state index in [1.807, 2.05) is 48.5 Å². The first-order chi connectivity index (χ1) is 16.3. The molecule has 2 aromatic heterocycles. The lowest BCUT2D eigenvalue weighted by atomic mass is 9.87. The third-order valence-electron chi connectivity index (χ3n) is 5.37. The van der Waals surface area contributed by atoms with Crippen LogP contribution in [-0.4, -0.2) is 33.1 Å². The Hall–Kier alpha value is -4.51. The van der Waals surface area contributed by atoms with Crippen molar-refractivity contribution in [3.63, 3.8) is 0 Å². The molecule has 0 saturated heterocycles. The minimum atomic E-state index is -0.487. The molecule has 0 saturated carbocycles. The van der Waals surface area contributed by atoms with Crippen molar-refractivity contribution in [1.82, 2.24) is 20.1 Å². The number of anilines is 1. The van der Waals surface area contributed by atoms with Crippen LogP contribution in [0.15, 0.2) is 66.9 Å². The fourth-order valence-corrected chi connectivity index (χ4v) is 3.46. The Morgan fingerprint density at radius 1 is 1.03 bits per heavy atom. The van der Waals surface area contributed by atoms with Gasteiger partial charge in [-0.3, -0.25) is 9.59 Å². The van der Waals surface area contributed by atoms with Crippen molar-refractivity contribution < 1.29 is 9.59 Å². The molecule has 170 valence electrons. The maximum Gasteiger partial charge on any atom is 0.251 e. The van der Waals surface area contributed by atoms with E-state index in [9.17, 15) is 14.9 Å². The standard InChI is InChI=1S/C26H24N6O2/c1-26(2,3)20-11-8-18(9-12-20)25(34)28-16-23(33)31-24-19(14-27)15-29-32(24)22-13-10-17-6-4-5-7-21(17)30-22/h4-13,15H,16H2,1-3H3,(H,28,34)(H,31,33). The first-order valence-electron chi connectivity index (χ1n) is 10.8. The summed E-state index contributed by atoms with van der Waals surface area (Å²) >= 11 is 0. The number of hydrogen-bond donors (Lipinski definition) is 2. The fraction of sp³-hybridized carbons (Fsp3) is 0.192. The van der Waals surface area contributed by atoms with Gasteiger partial charge in [0.15, 0.2) is 11.6 Å². The number of nitrogens with one attached hydrogen (secondary N) is 2. The van der Waals surface area contributed by atoms with Crippen molar-refractivity contribution in [1.29, 1.82) is 5.26 Å². The van der Waals surface area contributed by atoms with Gasteiger partial charge >= 0.3 is 0 Å². The Kier molecular flexibility index (Phi) is 6.11. The van der Waals surface area contributed by atoms with Crippen molar-refractivity contribution in [3.8, 4) is 11.9 Å². The fourth-order valence-electron chi connectivity index (χ4n) is 3.46. The first kappa shape index (κ1) is 22.7. The Labute approximate surface area is 197 Å². The highest BCUT2D eigenvalue weighted by Crippen LogP contribution is 2.23. The molecular weight excluding hydrogens is 428 g/mol. The average molecular weight is 453 g/mol. The second kappa shape index (κ2) is 9.16. The molecule has 0 fully saturated rings. The molecule has 4 aromatic rings. The van der Waals surface area contributed by atoms with Gasteiger partial charge < -0.3 is 10.6 Å². The minimum absolute atomic E-state index is 0.0177. The number of rotatable bonds is 5. The monoisotopic (exact) mass is 452 g/mol. The van der Waals surface area contributed by atoms with Crippen LogP contribution >= 0.6 is 0 Å². The molecule has 2 aromatic carbocycles. The van der Waals surface area contributed by atoms with Crippen LogP contribution in [0.2, 0.25) is 0 Å². The molecule has 2 amide bonds. The number of hydrogen-bond acceptors (Lipinski definition) is 5. The summed E-state index contributed by atoms with van der Waals surface area (Å²) in [4.78, 5) is 29.6. The van der Waals surface area contributed by atoms with E-state index in [0.717, 1.165) is 16.5 Å². The average Bonchev–Trinajstić information content (AvgIpc) is 3.24. The van der Waals surface area contributed by atoms with Crippen LogP contribution in [0.25, 0.3) is 16.7 Å². The lowest BCUT2D eigenvalue weighted by Gasteiger charge is -2.19. The highest BCUT2D eigenvalue weighted by atomic mass is 16.2. The molecule has 0 aliphatic rings. The third kappa shape index (κ3) is 4.79. The number of pyridine rings is 1. The van der Waals surface area contributed by atoms with Crippen molar-refractivity contribution in [2.24, 2.45) is 0 Å². The number of aromatic nitrogens is 3. The predicted molar refractivity (Wildman–Crippen MR) is 130 cm³/mol. The van der Waals surface area contributed by atoms with Crippen LogP contribution in [0.3, 0.4) is 0 Å².